The second-order valence-corrected chi connectivity index (χ2v) is 8.06. The minimum Gasteiger partial charge on any atom is -0.302 e. The van der Waals surface area contributed by atoms with Crippen LogP contribution in [0.25, 0.3) is 17.1 Å². The van der Waals surface area contributed by atoms with Gasteiger partial charge in [0, 0.05) is 19.3 Å². The lowest BCUT2D eigenvalue weighted by Crippen LogP contribution is -2.41. The zero-order chi connectivity index (χ0) is 21.6. The van der Waals surface area contributed by atoms with Crippen LogP contribution in [0.15, 0.2) is 9.59 Å². The molecule has 0 aliphatic heterocycles. The number of hydrogen-bond acceptors (Lipinski definition) is 5. The number of rotatable bonds is 6. The first kappa shape index (κ1) is 20.8. The standard InChI is InChI=1S/C20H28N6O3/c1-11(2)8-9-24-16-17(21-19(24)26-15(6)13(4)14(5)22-26)23(7)20(29)25(18(16)28)10-12(3)27/h11H,8-10H2,1-7H3. The highest BCUT2D eigenvalue weighted by molar-refractivity contribution is 5.76. The summed E-state index contributed by atoms with van der Waals surface area (Å²) in [6.07, 6.45) is 0.825. The molecular weight excluding hydrogens is 372 g/mol. The molecule has 3 rings (SSSR count). The topological polar surface area (TPSA) is 96.7 Å². The average Bonchev–Trinajstić information content (AvgIpc) is 3.14. The Morgan fingerprint density at radius 1 is 1.10 bits per heavy atom. The van der Waals surface area contributed by atoms with E-state index in [2.05, 4.69) is 23.9 Å². The molecule has 3 aromatic rings. The number of carbonyl (C=O) groups is 1. The summed E-state index contributed by atoms with van der Waals surface area (Å²) in [6.45, 7) is 11.7. The van der Waals surface area contributed by atoms with Crippen molar-refractivity contribution >= 4 is 16.9 Å². The average molecular weight is 400 g/mol. The van der Waals surface area contributed by atoms with E-state index >= 15 is 0 Å². The third-order valence-electron chi connectivity index (χ3n) is 5.37. The van der Waals surface area contributed by atoms with Crippen molar-refractivity contribution < 1.29 is 4.79 Å². The quantitative estimate of drug-likeness (QED) is 0.627. The van der Waals surface area contributed by atoms with Crippen LogP contribution in [0.4, 0.5) is 0 Å². The molecule has 0 aliphatic carbocycles. The van der Waals surface area contributed by atoms with E-state index in [9.17, 15) is 14.4 Å². The highest BCUT2D eigenvalue weighted by atomic mass is 16.2. The molecule has 0 fully saturated rings. The number of ketones is 1. The lowest BCUT2D eigenvalue weighted by molar-refractivity contribution is -0.117. The van der Waals surface area contributed by atoms with Gasteiger partial charge in [-0.15, -0.1) is 0 Å². The summed E-state index contributed by atoms with van der Waals surface area (Å²) >= 11 is 0. The normalized spacial score (nSPS) is 11.7. The van der Waals surface area contributed by atoms with E-state index in [0.717, 1.165) is 27.9 Å². The SMILES string of the molecule is CC(=O)Cn1c(=O)c2c(nc(-n3nc(C)c(C)c3C)n2CCC(C)C)n(C)c1=O. The molecule has 9 nitrogen and oxygen atoms in total. The second kappa shape index (κ2) is 7.46. The molecule has 0 amide bonds. The summed E-state index contributed by atoms with van der Waals surface area (Å²) in [5.41, 5.74) is 2.42. The van der Waals surface area contributed by atoms with Crippen molar-refractivity contribution in [2.45, 2.75) is 61.1 Å². The molecule has 3 heterocycles. The van der Waals surface area contributed by atoms with Gasteiger partial charge >= 0.3 is 5.69 Å². The number of imidazole rings is 1. The fourth-order valence-corrected chi connectivity index (χ4v) is 3.40. The maximum atomic E-state index is 13.2. The van der Waals surface area contributed by atoms with Crippen LogP contribution in [0.5, 0.6) is 0 Å². The van der Waals surface area contributed by atoms with E-state index in [1.165, 1.54) is 11.5 Å². The Bertz CT molecular complexity index is 1220. The fourth-order valence-electron chi connectivity index (χ4n) is 3.40. The number of aryl methyl sites for hydroxylation is 3. The number of nitrogens with zero attached hydrogens (tertiary/aromatic N) is 6. The number of Topliss-reactive ketones (excluding diaryl/α,β-unsaturated/α-hetero) is 1. The van der Waals surface area contributed by atoms with Crippen LogP contribution >= 0.6 is 0 Å². The lowest BCUT2D eigenvalue weighted by Gasteiger charge is -2.12. The zero-order valence-electron chi connectivity index (χ0n) is 18.1. The van der Waals surface area contributed by atoms with Gasteiger partial charge in [-0.3, -0.25) is 18.7 Å². The first-order chi connectivity index (χ1) is 13.5. The van der Waals surface area contributed by atoms with Crippen LogP contribution in [-0.4, -0.2) is 34.2 Å². The van der Waals surface area contributed by atoms with Gasteiger partial charge in [-0.25, -0.2) is 9.48 Å². The molecule has 0 bridgehead atoms. The predicted molar refractivity (Wildman–Crippen MR) is 111 cm³/mol. The van der Waals surface area contributed by atoms with E-state index in [4.69, 9.17) is 0 Å². The smallest absolute Gasteiger partial charge is 0.302 e. The van der Waals surface area contributed by atoms with E-state index in [1.54, 1.807) is 11.7 Å². The highest BCUT2D eigenvalue weighted by Gasteiger charge is 2.23. The van der Waals surface area contributed by atoms with Crippen molar-refractivity contribution in [2.75, 3.05) is 0 Å². The Morgan fingerprint density at radius 3 is 2.28 bits per heavy atom. The van der Waals surface area contributed by atoms with Crippen LogP contribution in [0.2, 0.25) is 0 Å². The second-order valence-electron chi connectivity index (χ2n) is 8.06. The van der Waals surface area contributed by atoms with Gasteiger partial charge in [0.05, 0.1) is 12.2 Å². The molecule has 0 unspecified atom stereocenters. The van der Waals surface area contributed by atoms with E-state index in [1.807, 2.05) is 25.3 Å². The Balaban J connectivity index is 2.42. The Kier molecular flexibility index (Phi) is 5.34. The van der Waals surface area contributed by atoms with Gasteiger partial charge in [0.25, 0.3) is 5.56 Å². The summed E-state index contributed by atoms with van der Waals surface area (Å²) in [4.78, 5) is 42.2. The van der Waals surface area contributed by atoms with Gasteiger partial charge in [0.15, 0.2) is 11.2 Å². The van der Waals surface area contributed by atoms with E-state index in [-0.39, 0.29) is 12.3 Å². The molecule has 0 aromatic carbocycles. The van der Waals surface area contributed by atoms with Gasteiger partial charge < -0.3 is 4.57 Å². The molecule has 156 valence electrons. The number of hydrogen-bond donors (Lipinski definition) is 0. The fraction of sp³-hybridized carbons (Fsp3) is 0.550. The van der Waals surface area contributed by atoms with E-state index in [0.29, 0.717) is 29.6 Å². The van der Waals surface area contributed by atoms with Crippen molar-refractivity contribution in [3.63, 3.8) is 0 Å². The molecule has 0 atom stereocenters. The molecule has 29 heavy (non-hydrogen) atoms. The summed E-state index contributed by atoms with van der Waals surface area (Å²) in [5.74, 6) is 0.655. The monoisotopic (exact) mass is 400 g/mol. The van der Waals surface area contributed by atoms with Crippen LogP contribution < -0.4 is 11.2 Å². The Labute approximate surface area is 168 Å². The highest BCUT2D eigenvalue weighted by Crippen LogP contribution is 2.21. The summed E-state index contributed by atoms with van der Waals surface area (Å²) in [6, 6.07) is 0. The predicted octanol–water partition coefficient (Wildman–Crippen LogP) is 1.64. The van der Waals surface area contributed by atoms with Crippen LogP contribution in [0.3, 0.4) is 0 Å². The van der Waals surface area contributed by atoms with Gasteiger partial charge in [-0.2, -0.15) is 10.1 Å². The van der Waals surface area contributed by atoms with Crippen LogP contribution in [-0.2, 0) is 24.9 Å². The van der Waals surface area contributed by atoms with Crippen molar-refractivity contribution in [3.8, 4) is 5.95 Å². The zero-order valence-corrected chi connectivity index (χ0v) is 18.1. The molecule has 0 saturated carbocycles. The maximum absolute atomic E-state index is 13.2. The Hall–Kier alpha value is -2.97. The van der Waals surface area contributed by atoms with Crippen molar-refractivity contribution in [2.24, 2.45) is 13.0 Å². The molecule has 0 radical (unpaired) electrons. The van der Waals surface area contributed by atoms with E-state index < -0.39 is 11.2 Å². The first-order valence-corrected chi connectivity index (χ1v) is 9.77. The minimum absolute atomic E-state index is 0.258. The van der Waals surface area contributed by atoms with Gasteiger partial charge in [-0.05, 0) is 45.6 Å². The molecule has 9 heteroatoms. The first-order valence-electron chi connectivity index (χ1n) is 9.77. The van der Waals surface area contributed by atoms with Crippen molar-refractivity contribution in [1.29, 1.82) is 0 Å². The minimum atomic E-state index is -0.553. The molecule has 0 saturated heterocycles. The summed E-state index contributed by atoms with van der Waals surface area (Å²) < 4.78 is 5.86. The largest absolute Gasteiger partial charge is 0.332 e. The lowest BCUT2D eigenvalue weighted by atomic mass is 10.1. The van der Waals surface area contributed by atoms with Crippen molar-refractivity contribution in [1.82, 2.24) is 28.5 Å². The van der Waals surface area contributed by atoms with Crippen LogP contribution in [0, 0.1) is 26.7 Å². The summed E-state index contributed by atoms with van der Waals surface area (Å²) in [7, 11) is 1.57. The van der Waals surface area contributed by atoms with Gasteiger partial charge in [0.2, 0.25) is 5.95 Å². The molecule has 3 aromatic heterocycles. The molecule has 0 aliphatic rings. The Morgan fingerprint density at radius 2 is 1.76 bits per heavy atom. The number of aromatic nitrogens is 6. The molecular formula is C20H28N6O3. The van der Waals surface area contributed by atoms with Crippen LogP contribution in [0.1, 0.15) is 44.1 Å². The van der Waals surface area contributed by atoms with Gasteiger partial charge in [-0.1, -0.05) is 13.8 Å². The summed E-state index contributed by atoms with van der Waals surface area (Å²) in [5, 5.41) is 4.60. The van der Waals surface area contributed by atoms with Crippen molar-refractivity contribution in [3.05, 3.63) is 37.8 Å². The third-order valence-corrected chi connectivity index (χ3v) is 5.37. The maximum Gasteiger partial charge on any atom is 0.332 e. The number of carbonyl (C=O) groups excluding carboxylic acids is 1. The third kappa shape index (κ3) is 3.45. The molecule has 0 spiro atoms. The van der Waals surface area contributed by atoms with Gasteiger partial charge in [0.1, 0.15) is 5.78 Å². The number of fused-ring (bicyclic) bond motifs is 1. The molecule has 0 N–H and O–H groups in total.